The number of benzene rings is 2. The monoisotopic (exact) mass is 346 g/mol. The summed E-state index contributed by atoms with van der Waals surface area (Å²) in [7, 11) is 2.59. The standard InChI is InChI=1S/C17H14O8/c1-23-8-6-4-3-5-7(8)15-13(21)11(19)9-10(18)12(20)14(22)17(24-2)16(9)25-15/h3-6,18,20-22H,1-2H3. The first-order chi connectivity index (χ1) is 11.9. The lowest BCUT2D eigenvalue weighted by atomic mass is 10.1. The fraction of sp³-hybridized carbons (Fsp3) is 0.118. The zero-order valence-corrected chi connectivity index (χ0v) is 13.2. The van der Waals surface area contributed by atoms with Crippen LogP contribution in [0.15, 0.2) is 33.5 Å². The normalized spacial score (nSPS) is 10.8. The molecule has 8 heteroatoms. The van der Waals surface area contributed by atoms with Gasteiger partial charge in [-0.2, -0.15) is 0 Å². The number of hydrogen-bond donors (Lipinski definition) is 4. The van der Waals surface area contributed by atoms with Gasteiger partial charge in [-0.3, -0.25) is 4.79 Å². The minimum absolute atomic E-state index is 0.238. The average molecular weight is 346 g/mol. The van der Waals surface area contributed by atoms with Gasteiger partial charge in [-0.1, -0.05) is 12.1 Å². The Morgan fingerprint density at radius 1 is 0.880 bits per heavy atom. The van der Waals surface area contributed by atoms with Gasteiger partial charge >= 0.3 is 0 Å². The number of methoxy groups -OCH3 is 2. The molecule has 3 rings (SSSR count). The van der Waals surface area contributed by atoms with E-state index in [0.29, 0.717) is 5.75 Å². The van der Waals surface area contributed by atoms with Crippen LogP contribution in [0, 0.1) is 0 Å². The summed E-state index contributed by atoms with van der Waals surface area (Å²) in [5, 5.41) is 39.4. The van der Waals surface area contributed by atoms with Gasteiger partial charge in [0.1, 0.15) is 11.1 Å². The SMILES string of the molecule is COc1ccccc1-c1oc2c(OC)c(O)c(O)c(O)c2c(=O)c1O. The molecule has 0 bridgehead atoms. The van der Waals surface area contributed by atoms with Crippen molar-refractivity contribution in [2.45, 2.75) is 0 Å². The molecule has 4 N–H and O–H groups in total. The summed E-state index contributed by atoms with van der Waals surface area (Å²) in [6.45, 7) is 0. The van der Waals surface area contributed by atoms with Crippen molar-refractivity contribution in [3.05, 3.63) is 34.5 Å². The third-order valence-electron chi connectivity index (χ3n) is 3.75. The van der Waals surface area contributed by atoms with E-state index < -0.39 is 33.8 Å². The molecule has 3 aromatic rings. The van der Waals surface area contributed by atoms with Crippen LogP contribution in [0.3, 0.4) is 0 Å². The number of phenols is 3. The summed E-state index contributed by atoms with van der Waals surface area (Å²) in [6, 6.07) is 6.48. The average Bonchev–Trinajstić information content (AvgIpc) is 2.63. The highest BCUT2D eigenvalue weighted by molar-refractivity contribution is 5.96. The smallest absolute Gasteiger partial charge is 0.239 e. The third-order valence-corrected chi connectivity index (χ3v) is 3.75. The number of para-hydroxylation sites is 1. The second-order valence-electron chi connectivity index (χ2n) is 5.09. The summed E-state index contributed by atoms with van der Waals surface area (Å²) in [4.78, 5) is 12.5. The maximum absolute atomic E-state index is 12.5. The predicted octanol–water partition coefficient (Wildman–Crippen LogP) is 2.30. The molecule has 0 aliphatic carbocycles. The molecule has 0 atom stereocenters. The topological polar surface area (TPSA) is 130 Å². The summed E-state index contributed by atoms with van der Waals surface area (Å²) in [5.41, 5.74) is -1.07. The number of ether oxygens (including phenoxy) is 2. The number of fused-ring (bicyclic) bond motifs is 1. The van der Waals surface area contributed by atoms with Gasteiger partial charge in [-0.05, 0) is 12.1 Å². The molecule has 0 fully saturated rings. The second kappa shape index (κ2) is 5.82. The molecule has 130 valence electrons. The quantitative estimate of drug-likeness (QED) is 0.532. The van der Waals surface area contributed by atoms with Crippen LogP contribution in [-0.2, 0) is 0 Å². The highest BCUT2D eigenvalue weighted by atomic mass is 16.5. The van der Waals surface area contributed by atoms with Gasteiger partial charge in [-0.25, -0.2) is 0 Å². The number of hydrogen-bond acceptors (Lipinski definition) is 8. The molecule has 0 aliphatic rings. The maximum Gasteiger partial charge on any atom is 0.239 e. The Balaban J connectivity index is 2.51. The molecule has 8 nitrogen and oxygen atoms in total. The molecule has 0 spiro atoms. The van der Waals surface area contributed by atoms with Crippen LogP contribution in [0.5, 0.6) is 34.5 Å². The van der Waals surface area contributed by atoms with Crippen molar-refractivity contribution in [3.8, 4) is 45.8 Å². The zero-order chi connectivity index (χ0) is 18.3. The lowest BCUT2D eigenvalue weighted by Crippen LogP contribution is -2.04. The highest BCUT2D eigenvalue weighted by Crippen LogP contribution is 2.50. The molecule has 1 aromatic heterocycles. The molecule has 2 aromatic carbocycles. The molecule has 0 saturated heterocycles. The van der Waals surface area contributed by atoms with Gasteiger partial charge in [0.2, 0.25) is 28.4 Å². The van der Waals surface area contributed by atoms with Gasteiger partial charge in [0.05, 0.1) is 19.8 Å². The first-order valence-electron chi connectivity index (χ1n) is 7.06. The Kier molecular flexibility index (Phi) is 3.80. The van der Waals surface area contributed by atoms with E-state index in [-0.39, 0.29) is 22.7 Å². The summed E-state index contributed by atoms with van der Waals surface area (Å²) < 4.78 is 15.7. The van der Waals surface area contributed by atoms with Crippen LogP contribution in [0.2, 0.25) is 0 Å². The first-order valence-corrected chi connectivity index (χ1v) is 7.06. The molecule has 0 unspecified atom stereocenters. The minimum Gasteiger partial charge on any atom is -0.504 e. The van der Waals surface area contributed by atoms with E-state index in [1.165, 1.54) is 14.2 Å². The lowest BCUT2D eigenvalue weighted by Gasteiger charge is -2.13. The Hall–Kier alpha value is -3.55. The predicted molar refractivity (Wildman–Crippen MR) is 87.7 cm³/mol. The van der Waals surface area contributed by atoms with Crippen molar-refractivity contribution in [3.63, 3.8) is 0 Å². The van der Waals surface area contributed by atoms with Crippen molar-refractivity contribution in [2.75, 3.05) is 14.2 Å². The van der Waals surface area contributed by atoms with E-state index in [4.69, 9.17) is 13.9 Å². The van der Waals surface area contributed by atoms with Crippen LogP contribution in [0.4, 0.5) is 0 Å². The van der Waals surface area contributed by atoms with Crippen LogP contribution in [0.25, 0.3) is 22.3 Å². The molecule has 25 heavy (non-hydrogen) atoms. The minimum atomic E-state index is -1.01. The van der Waals surface area contributed by atoms with E-state index in [2.05, 4.69) is 0 Å². The summed E-state index contributed by atoms with van der Waals surface area (Å²) in [6.07, 6.45) is 0. The van der Waals surface area contributed by atoms with E-state index in [0.717, 1.165) is 0 Å². The molecule has 0 amide bonds. The fourth-order valence-corrected chi connectivity index (χ4v) is 2.55. The van der Waals surface area contributed by atoms with Gasteiger partial charge in [0.15, 0.2) is 17.1 Å². The van der Waals surface area contributed by atoms with Crippen LogP contribution in [0.1, 0.15) is 0 Å². The zero-order valence-electron chi connectivity index (χ0n) is 13.2. The van der Waals surface area contributed by atoms with Gasteiger partial charge in [0.25, 0.3) is 0 Å². The Morgan fingerprint density at radius 3 is 2.20 bits per heavy atom. The van der Waals surface area contributed by atoms with E-state index in [9.17, 15) is 25.2 Å². The lowest BCUT2D eigenvalue weighted by molar-refractivity contribution is 0.335. The van der Waals surface area contributed by atoms with Crippen molar-refractivity contribution in [1.82, 2.24) is 0 Å². The molecular formula is C17H14O8. The molecule has 1 heterocycles. The molecule has 0 radical (unpaired) electrons. The van der Waals surface area contributed by atoms with Crippen LogP contribution < -0.4 is 14.9 Å². The van der Waals surface area contributed by atoms with Crippen molar-refractivity contribution < 1.29 is 34.3 Å². The largest absolute Gasteiger partial charge is 0.504 e. The fourth-order valence-electron chi connectivity index (χ4n) is 2.55. The van der Waals surface area contributed by atoms with Crippen LogP contribution >= 0.6 is 0 Å². The van der Waals surface area contributed by atoms with E-state index in [1.807, 2.05) is 0 Å². The number of rotatable bonds is 3. The van der Waals surface area contributed by atoms with Crippen molar-refractivity contribution in [2.24, 2.45) is 0 Å². The first kappa shape index (κ1) is 16.3. The highest BCUT2D eigenvalue weighted by Gasteiger charge is 2.27. The summed E-state index contributed by atoms with van der Waals surface area (Å²) >= 11 is 0. The van der Waals surface area contributed by atoms with Crippen molar-refractivity contribution in [1.29, 1.82) is 0 Å². The molecule has 0 aliphatic heterocycles. The molecule has 0 saturated carbocycles. The maximum atomic E-state index is 12.5. The van der Waals surface area contributed by atoms with Gasteiger partial charge < -0.3 is 34.3 Å². The number of aromatic hydroxyl groups is 4. The second-order valence-corrected chi connectivity index (χ2v) is 5.09. The Morgan fingerprint density at radius 2 is 1.56 bits per heavy atom. The van der Waals surface area contributed by atoms with E-state index in [1.54, 1.807) is 24.3 Å². The van der Waals surface area contributed by atoms with Crippen molar-refractivity contribution >= 4 is 11.0 Å². The Labute approximate surface area is 140 Å². The third kappa shape index (κ3) is 2.26. The van der Waals surface area contributed by atoms with Crippen LogP contribution in [-0.4, -0.2) is 34.6 Å². The Bertz CT molecular complexity index is 1040. The number of phenolic OH excluding ortho intramolecular Hbond substituents is 3. The van der Waals surface area contributed by atoms with E-state index >= 15 is 0 Å². The summed E-state index contributed by atoms with van der Waals surface area (Å²) in [5.74, 6) is -3.75. The molecular weight excluding hydrogens is 332 g/mol. The van der Waals surface area contributed by atoms with Gasteiger partial charge in [0, 0.05) is 0 Å². The van der Waals surface area contributed by atoms with Gasteiger partial charge in [-0.15, -0.1) is 0 Å².